The Labute approximate surface area is 96.3 Å². The van der Waals surface area contributed by atoms with E-state index in [1.165, 1.54) is 11.3 Å². The van der Waals surface area contributed by atoms with Crippen molar-refractivity contribution in [2.24, 2.45) is 0 Å². The Morgan fingerprint density at radius 1 is 1.54 bits per heavy atom. The zero-order valence-electron chi connectivity index (χ0n) is 6.98. The van der Waals surface area contributed by atoms with Crippen molar-refractivity contribution in [1.29, 1.82) is 0 Å². The van der Waals surface area contributed by atoms with E-state index in [2.05, 4.69) is 4.98 Å². The molecule has 0 N–H and O–H groups in total. The number of halogens is 3. The minimum atomic E-state index is 0.450. The van der Waals surface area contributed by atoms with E-state index in [1.807, 2.05) is 13.0 Å². The molecule has 0 unspecified atom stereocenters. The first kappa shape index (κ1) is 11.3. The van der Waals surface area contributed by atoms with Gasteiger partial charge in [0.1, 0.15) is 5.15 Å². The van der Waals surface area contributed by atoms with Gasteiger partial charge in [0, 0.05) is 5.88 Å². The average Bonchev–Trinajstić information content (AvgIpc) is 2.41. The van der Waals surface area contributed by atoms with Gasteiger partial charge in [0.25, 0.3) is 0 Å². The van der Waals surface area contributed by atoms with E-state index in [0.29, 0.717) is 15.5 Å². The standard InChI is InChI=1S/C8H8Cl3NS/c1-2-5(4-9)3-6-7(10)12-8(11)13-6/h3H,2,4H2,1H3. The molecule has 0 aliphatic carbocycles. The molecule has 0 aliphatic rings. The largest absolute Gasteiger partial charge is 0.212 e. The molecule has 0 fully saturated rings. The lowest BCUT2D eigenvalue weighted by Gasteiger charge is -1.96. The molecule has 0 spiro atoms. The van der Waals surface area contributed by atoms with Crippen molar-refractivity contribution in [3.05, 3.63) is 20.1 Å². The molecule has 0 bridgehead atoms. The number of rotatable bonds is 3. The van der Waals surface area contributed by atoms with Crippen molar-refractivity contribution in [3.8, 4) is 0 Å². The molecule has 0 radical (unpaired) electrons. The van der Waals surface area contributed by atoms with Crippen LogP contribution in [0.3, 0.4) is 0 Å². The minimum Gasteiger partial charge on any atom is -0.212 e. The lowest BCUT2D eigenvalue weighted by Crippen LogP contribution is -1.80. The Bertz CT molecular complexity index is 313. The second kappa shape index (κ2) is 5.20. The van der Waals surface area contributed by atoms with Gasteiger partial charge < -0.3 is 0 Å². The smallest absolute Gasteiger partial charge is 0.185 e. The van der Waals surface area contributed by atoms with Gasteiger partial charge in [-0.3, -0.25) is 0 Å². The molecule has 1 rings (SSSR count). The molecule has 0 saturated heterocycles. The summed E-state index contributed by atoms with van der Waals surface area (Å²) in [6.07, 6.45) is 2.86. The lowest BCUT2D eigenvalue weighted by atomic mass is 10.2. The maximum absolute atomic E-state index is 5.83. The summed E-state index contributed by atoms with van der Waals surface area (Å²) in [5.74, 6) is 0.516. The van der Waals surface area contributed by atoms with E-state index in [0.717, 1.165) is 16.9 Å². The van der Waals surface area contributed by atoms with Gasteiger partial charge in [-0.25, -0.2) is 4.98 Å². The molecule has 0 amide bonds. The monoisotopic (exact) mass is 255 g/mol. The molecule has 72 valence electrons. The van der Waals surface area contributed by atoms with Crippen LogP contribution in [-0.2, 0) is 0 Å². The highest BCUT2D eigenvalue weighted by Gasteiger charge is 2.05. The molecule has 0 atom stereocenters. The molecule has 13 heavy (non-hydrogen) atoms. The van der Waals surface area contributed by atoms with Crippen molar-refractivity contribution in [3.63, 3.8) is 0 Å². The summed E-state index contributed by atoms with van der Waals surface area (Å²) in [5, 5.41) is 0.450. The van der Waals surface area contributed by atoms with E-state index in [4.69, 9.17) is 34.8 Å². The predicted molar refractivity (Wildman–Crippen MR) is 61.1 cm³/mol. The van der Waals surface area contributed by atoms with Crippen molar-refractivity contribution in [2.75, 3.05) is 5.88 Å². The van der Waals surface area contributed by atoms with Crippen molar-refractivity contribution >= 4 is 52.2 Å². The second-order valence-electron chi connectivity index (χ2n) is 2.41. The number of nitrogens with zero attached hydrogens (tertiary/aromatic N) is 1. The van der Waals surface area contributed by atoms with Crippen LogP contribution >= 0.6 is 46.1 Å². The minimum absolute atomic E-state index is 0.450. The van der Waals surface area contributed by atoms with Crippen LogP contribution in [0.25, 0.3) is 6.08 Å². The second-order valence-corrected chi connectivity index (χ2v) is 4.65. The summed E-state index contributed by atoms with van der Waals surface area (Å²) < 4.78 is 0.460. The van der Waals surface area contributed by atoms with Gasteiger partial charge in [-0.05, 0) is 12.5 Å². The van der Waals surface area contributed by atoms with E-state index in [1.54, 1.807) is 0 Å². The Morgan fingerprint density at radius 2 is 2.23 bits per heavy atom. The molecule has 1 heterocycles. The molecule has 5 heteroatoms. The Morgan fingerprint density at radius 3 is 2.62 bits per heavy atom. The van der Waals surface area contributed by atoms with E-state index in [-0.39, 0.29) is 0 Å². The summed E-state index contributed by atoms with van der Waals surface area (Å²) in [6, 6.07) is 0. The number of hydrogen-bond acceptors (Lipinski definition) is 2. The van der Waals surface area contributed by atoms with Crippen LogP contribution < -0.4 is 0 Å². The summed E-state index contributed by atoms with van der Waals surface area (Å²) in [6.45, 7) is 2.05. The third-order valence-electron chi connectivity index (χ3n) is 1.54. The summed E-state index contributed by atoms with van der Waals surface area (Å²) in [5.41, 5.74) is 1.13. The zero-order chi connectivity index (χ0) is 9.84. The topological polar surface area (TPSA) is 12.9 Å². The number of allylic oxidation sites excluding steroid dienone is 1. The van der Waals surface area contributed by atoms with E-state index < -0.39 is 0 Å². The SMILES string of the molecule is CCC(=Cc1sc(Cl)nc1Cl)CCl. The predicted octanol–water partition coefficient (Wildman–Crippen LogP) is 4.48. The Kier molecular flexibility index (Phi) is 4.53. The number of hydrogen-bond donors (Lipinski definition) is 0. The van der Waals surface area contributed by atoms with Gasteiger partial charge >= 0.3 is 0 Å². The van der Waals surface area contributed by atoms with Crippen LogP contribution in [0.15, 0.2) is 5.57 Å². The summed E-state index contributed by atoms with van der Waals surface area (Å²) in [7, 11) is 0. The van der Waals surface area contributed by atoms with Crippen molar-refractivity contribution in [1.82, 2.24) is 4.98 Å². The highest BCUT2D eigenvalue weighted by Crippen LogP contribution is 2.29. The first-order valence-electron chi connectivity index (χ1n) is 3.74. The van der Waals surface area contributed by atoms with Crippen LogP contribution in [0.1, 0.15) is 18.2 Å². The van der Waals surface area contributed by atoms with Crippen LogP contribution in [-0.4, -0.2) is 10.9 Å². The first-order chi connectivity index (χ1) is 6.17. The quantitative estimate of drug-likeness (QED) is 0.727. The molecule has 1 aromatic heterocycles. The summed E-state index contributed by atoms with van der Waals surface area (Å²) in [4.78, 5) is 4.77. The third-order valence-corrected chi connectivity index (χ3v) is 3.39. The maximum atomic E-state index is 5.83. The fourth-order valence-electron chi connectivity index (χ4n) is 0.797. The van der Waals surface area contributed by atoms with Gasteiger partial charge in [-0.15, -0.1) is 22.9 Å². The molecule has 0 saturated carbocycles. The first-order valence-corrected chi connectivity index (χ1v) is 5.85. The fraction of sp³-hybridized carbons (Fsp3) is 0.375. The van der Waals surface area contributed by atoms with E-state index in [9.17, 15) is 0 Å². The number of thiazole rings is 1. The van der Waals surface area contributed by atoms with Crippen molar-refractivity contribution in [2.45, 2.75) is 13.3 Å². The van der Waals surface area contributed by atoms with Gasteiger partial charge in [0.05, 0.1) is 4.88 Å². The number of alkyl halides is 1. The van der Waals surface area contributed by atoms with Crippen LogP contribution in [0, 0.1) is 0 Å². The highest BCUT2D eigenvalue weighted by atomic mass is 35.5. The van der Waals surface area contributed by atoms with Crippen LogP contribution in [0.2, 0.25) is 9.62 Å². The zero-order valence-corrected chi connectivity index (χ0v) is 10.1. The summed E-state index contributed by atoms with van der Waals surface area (Å²) >= 11 is 18.6. The number of aromatic nitrogens is 1. The Hall–Kier alpha value is 0.240. The van der Waals surface area contributed by atoms with Gasteiger partial charge in [0.15, 0.2) is 4.47 Å². The molecule has 1 nitrogen and oxygen atoms in total. The molecule has 1 aromatic rings. The van der Waals surface area contributed by atoms with Gasteiger partial charge in [0.2, 0.25) is 0 Å². The normalized spacial score (nSPS) is 12.2. The van der Waals surface area contributed by atoms with Crippen molar-refractivity contribution < 1.29 is 0 Å². The third kappa shape index (κ3) is 3.13. The molecular weight excluding hydrogens is 249 g/mol. The maximum Gasteiger partial charge on any atom is 0.185 e. The molecular formula is C8H8Cl3NS. The highest BCUT2D eigenvalue weighted by molar-refractivity contribution is 7.17. The van der Waals surface area contributed by atoms with Gasteiger partial charge in [-0.2, -0.15) is 0 Å². The molecule has 0 aliphatic heterocycles. The average molecular weight is 257 g/mol. The van der Waals surface area contributed by atoms with Crippen LogP contribution in [0.4, 0.5) is 0 Å². The van der Waals surface area contributed by atoms with E-state index >= 15 is 0 Å². The van der Waals surface area contributed by atoms with Crippen LogP contribution in [0.5, 0.6) is 0 Å². The lowest BCUT2D eigenvalue weighted by molar-refractivity contribution is 1.12. The fourth-order valence-corrected chi connectivity index (χ4v) is 2.42. The molecule has 0 aromatic carbocycles. The van der Waals surface area contributed by atoms with Gasteiger partial charge in [-0.1, -0.05) is 35.7 Å². The Balaban J connectivity index is 2.95.